The minimum atomic E-state index is -4.64. The van der Waals surface area contributed by atoms with Crippen molar-refractivity contribution in [3.8, 4) is 0 Å². The fourth-order valence-electron chi connectivity index (χ4n) is 0. The zero-order valence-corrected chi connectivity index (χ0v) is 6.95. The molecule has 5 nitrogen and oxygen atoms in total. The molecule has 7 heteroatoms. The van der Waals surface area contributed by atoms with Gasteiger partial charge in [0.15, 0.2) is 0 Å². The van der Waals surface area contributed by atoms with Crippen LogP contribution in [0.2, 0.25) is 0 Å². The fourth-order valence-corrected chi connectivity index (χ4v) is 0. The Morgan fingerprint density at radius 2 is 1.14 bits per heavy atom. The molecular weight excluding hydrogens is 230 g/mol. The Kier molecular flexibility index (Phi) is 11.2. The van der Waals surface area contributed by atoms with Gasteiger partial charge in [-0.25, -0.2) is 4.57 Å². The molecule has 7 heavy (non-hydrogen) atoms. The van der Waals surface area contributed by atoms with Crippen LogP contribution in [0.15, 0.2) is 0 Å². The maximum atomic E-state index is 8.88. The molecular formula is H5O5PSn. The Morgan fingerprint density at radius 1 is 1.14 bits per heavy atom. The average molecular weight is 235 g/mol. The molecule has 0 aliphatic heterocycles. The van der Waals surface area contributed by atoms with Crippen LogP contribution in [-0.4, -0.2) is 44.1 Å². The van der Waals surface area contributed by atoms with E-state index in [1.54, 1.807) is 0 Å². The molecule has 0 heterocycles. The molecule has 44 valence electrons. The standard InChI is InChI=1S/H3O4P.H2O.Sn/c1-5(2,3)4;;/h(H3,1,2,3,4);1H2;. The summed E-state index contributed by atoms with van der Waals surface area (Å²) in [7, 11) is -4.64. The van der Waals surface area contributed by atoms with E-state index >= 15 is 0 Å². The van der Waals surface area contributed by atoms with Gasteiger partial charge in [0.1, 0.15) is 0 Å². The largest absolute Gasteiger partial charge is 0.466 e. The third-order valence-corrected chi connectivity index (χ3v) is 0. The topological polar surface area (TPSA) is 109 Å². The summed E-state index contributed by atoms with van der Waals surface area (Å²) in [4.78, 5) is 21.6. The predicted molar refractivity (Wildman–Crippen MR) is 23.6 cm³/mol. The van der Waals surface area contributed by atoms with E-state index in [0.717, 1.165) is 0 Å². The van der Waals surface area contributed by atoms with Gasteiger partial charge in [0.25, 0.3) is 0 Å². The van der Waals surface area contributed by atoms with Crippen molar-refractivity contribution in [2.75, 3.05) is 0 Å². The first-order valence-electron chi connectivity index (χ1n) is 0.783. The van der Waals surface area contributed by atoms with E-state index in [9.17, 15) is 0 Å². The summed E-state index contributed by atoms with van der Waals surface area (Å²) in [6.07, 6.45) is 0. The Labute approximate surface area is 56.9 Å². The van der Waals surface area contributed by atoms with E-state index in [-0.39, 0.29) is 29.4 Å². The molecule has 0 aliphatic carbocycles. The van der Waals surface area contributed by atoms with Gasteiger partial charge in [-0.3, -0.25) is 0 Å². The van der Waals surface area contributed by atoms with Crippen LogP contribution in [0.5, 0.6) is 0 Å². The molecule has 0 unspecified atom stereocenters. The summed E-state index contributed by atoms with van der Waals surface area (Å²) in [6, 6.07) is 0. The van der Waals surface area contributed by atoms with Gasteiger partial charge in [-0.05, 0) is 0 Å². The van der Waals surface area contributed by atoms with E-state index in [2.05, 4.69) is 0 Å². The van der Waals surface area contributed by atoms with Crippen molar-refractivity contribution in [1.82, 2.24) is 0 Å². The predicted octanol–water partition coefficient (Wildman–Crippen LogP) is -2.13. The van der Waals surface area contributed by atoms with Gasteiger partial charge in [0.2, 0.25) is 0 Å². The molecule has 0 spiro atoms. The van der Waals surface area contributed by atoms with E-state index in [4.69, 9.17) is 19.2 Å². The molecule has 0 amide bonds. The van der Waals surface area contributed by atoms with Crippen LogP contribution >= 0.6 is 7.82 Å². The summed E-state index contributed by atoms with van der Waals surface area (Å²) in [5, 5.41) is 0. The van der Waals surface area contributed by atoms with Crippen LogP contribution in [0.3, 0.4) is 0 Å². The Hall–Kier alpha value is 0.869. The first-order chi connectivity index (χ1) is 2.00. The second-order valence-electron chi connectivity index (χ2n) is 0.513. The van der Waals surface area contributed by atoms with Crippen LogP contribution in [0.4, 0.5) is 0 Å². The van der Waals surface area contributed by atoms with Crippen LogP contribution in [0.25, 0.3) is 0 Å². The molecule has 0 aromatic heterocycles. The smallest absolute Gasteiger partial charge is 0.412 e. The van der Waals surface area contributed by atoms with Gasteiger partial charge in [-0.1, -0.05) is 0 Å². The van der Waals surface area contributed by atoms with Crippen molar-refractivity contribution in [2.24, 2.45) is 0 Å². The van der Waals surface area contributed by atoms with Gasteiger partial charge < -0.3 is 20.2 Å². The maximum Gasteiger partial charge on any atom is 0.466 e. The van der Waals surface area contributed by atoms with Crippen LogP contribution < -0.4 is 0 Å². The Bertz CT molecular complexity index is 54.2. The van der Waals surface area contributed by atoms with E-state index < -0.39 is 7.82 Å². The van der Waals surface area contributed by atoms with Crippen molar-refractivity contribution < 1.29 is 24.7 Å². The Balaban J connectivity index is -0.0000000800. The first-order valence-corrected chi connectivity index (χ1v) is 2.35. The van der Waals surface area contributed by atoms with Gasteiger partial charge in [0.05, 0.1) is 0 Å². The fraction of sp³-hybridized carbons (Fsp3) is 0. The van der Waals surface area contributed by atoms with Crippen molar-refractivity contribution in [3.63, 3.8) is 0 Å². The molecule has 0 rings (SSSR count). The van der Waals surface area contributed by atoms with Crippen LogP contribution in [0, 0.1) is 0 Å². The Morgan fingerprint density at radius 3 is 1.14 bits per heavy atom. The van der Waals surface area contributed by atoms with Crippen molar-refractivity contribution in [2.45, 2.75) is 0 Å². The first kappa shape index (κ1) is 15.7. The molecule has 0 aromatic rings. The van der Waals surface area contributed by atoms with Gasteiger partial charge in [-0.15, -0.1) is 0 Å². The summed E-state index contributed by atoms with van der Waals surface area (Å²) in [6.45, 7) is 0. The molecule has 0 bridgehead atoms. The van der Waals surface area contributed by atoms with Crippen molar-refractivity contribution in [3.05, 3.63) is 0 Å². The van der Waals surface area contributed by atoms with Crippen molar-refractivity contribution >= 4 is 31.7 Å². The molecule has 0 aromatic carbocycles. The minimum Gasteiger partial charge on any atom is -0.412 e. The molecule has 5 N–H and O–H groups in total. The second-order valence-corrected chi connectivity index (χ2v) is 1.54. The zero-order valence-electron chi connectivity index (χ0n) is 3.20. The minimum absolute atomic E-state index is 0. The molecule has 0 saturated heterocycles. The average Bonchev–Trinajstić information content (AvgIpc) is 0.722. The summed E-state index contributed by atoms with van der Waals surface area (Å²) in [5.74, 6) is 0. The monoisotopic (exact) mass is 236 g/mol. The number of hydrogen-bond donors (Lipinski definition) is 3. The van der Waals surface area contributed by atoms with Crippen LogP contribution in [0.1, 0.15) is 0 Å². The van der Waals surface area contributed by atoms with E-state index in [1.807, 2.05) is 0 Å². The zero-order chi connectivity index (χ0) is 4.50. The normalized spacial score (nSPS) is 8.43. The van der Waals surface area contributed by atoms with Gasteiger partial charge >= 0.3 is 7.82 Å². The second kappa shape index (κ2) is 5.01. The van der Waals surface area contributed by atoms with E-state index in [0.29, 0.717) is 0 Å². The third-order valence-electron chi connectivity index (χ3n) is 0. The van der Waals surface area contributed by atoms with Gasteiger partial charge in [-0.2, -0.15) is 0 Å². The number of rotatable bonds is 0. The van der Waals surface area contributed by atoms with E-state index in [1.165, 1.54) is 0 Å². The number of hydrogen-bond acceptors (Lipinski definition) is 1. The van der Waals surface area contributed by atoms with Gasteiger partial charge in [0, 0.05) is 23.9 Å². The summed E-state index contributed by atoms with van der Waals surface area (Å²) in [5.41, 5.74) is 0. The number of phosphoric acid groups is 1. The maximum absolute atomic E-state index is 8.88. The molecule has 0 atom stereocenters. The molecule has 0 aliphatic rings. The quantitative estimate of drug-likeness (QED) is 0.328. The SMILES string of the molecule is O.O=P(O)(O)O.[Sn]. The summed E-state index contributed by atoms with van der Waals surface area (Å²) < 4.78 is 8.88. The molecule has 0 saturated carbocycles. The summed E-state index contributed by atoms with van der Waals surface area (Å²) >= 11 is 0. The molecule has 0 fully saturated rings. The van der Waals surface area contributed by atoms with Crippen molar-refractivity contribution in [1.29, 1.82) is 0 Å². The van der Waals surface area contributed by atoms with Crippen LogP contribution in [-0.2, 0) is 4.57 Å². The molecule has 4 radical (unpaired) electrons. The third kappa shape index (κ3) is 216.